The lowest BCUT2D eigenvalue weighted by molar-refractivity contribution is -0.384. The van der Waals surface area contributed by atoms with E-state index >= 15 is 0 Å². The molecular weight excluding hydrogens is 248 g/mol. The molecule has 1 aromatic carbocycles. The minimum absolute atomic E-state index is 0.0411. The van der Waals surface area contributed by atoms with Crippen LogP contribution >= 0.6 is 0 Å². The lowest BCUT2D eigenvalue weighted by atomic mass is 10.0. The molecule has 0 aliphatic carbocycles. The zero-order valence-electron chi connectivity index (χ0n) is 10.6. The molecule has 100 valence electrons. The Kier molecular flexibility index (Phi) is 4.56. The minimum atomic E-state index is -0.600. The topological polar surface area (TPSA) is 122 Å². The number of rotatable bonds is 4. The molecule has 0 heterocycles. The van der Waals surface area contributed by atoms with Crippen LogP contribution < -0.4 is 11.1 Å². The standard InChI is InChI=1S/C12H14N4O3/c1-7(8(2)14)12(17)15-11-4-3-10(16(18)19)5-9(11)6-13/h3-5,7-8H,14H2,1-2H3,(H,15,17). The van der Waals surface area contributed by atoms with Crippen LogP contribution in [0.15, 0.2) is 18.2 Å². The number of anilines is 1. The molecule has 0 aliphatic rings. The molecule has 3 N–H and O–H groups in total. The van der Waals surface area contributed by atoms with Crippen LogP contribution in [0.25, 0.3) is 0 Å². The molecule has 0 saturated carbocycles. The first-order chi connectivity index (χ1) is 8.86. The third-order valence-corrected chi connectivity index (χ3v) is 2.79. The van der Waals surface area contributed by atoms with Crippen molar-refractivity contribution >= 4 is 17.3 Å². The van der Waals surface area contributed by atoms with Crippen molar-refractivity contribution in [3.63, 3.8) is 0 Å². The Morgan fingerprint density at radius 1 is 1.53 bits per heavy atom. The Labute approximate surface area is 110 Å². The number of carbonyl (C=O) groups excluding carboxylic acids is 1. The van der Waals surface area contributed by atoms with Crippen LogP contribution in [0.2, 0.25) is 0 Å². The molecule has 2 unspecified atom stereocenters. The fourth-order valence-electron chi connectivity index (χ4n) is 1.33. The van der Waals surface area contributed by atoms with Gasteiger partial charge in [-0.15, -0.1) is 0 Å². The van der Waals surface area contributed by atoms with Crippen molar-refractivity contribution in [3.05, 3.63) is 33.9 Å². The van der Waals surface area contributed by atoms with Crippen LogP contribution in [0.3, 0.4) is 0 Å². The summed E-state index contributed by atoms with van der Waals surface area (Å²) in [6.07, 6.45) is 0. The van der Waals surface area contributed by atoms with Crippen LogP contribution in [0.1, 0.15) is 19.4 Å². The summed E-state index contributed by atoms with van der Waals surface area (Å²) in [7, 11) is 0. The molecule has 2 atom stereocenters. The number of nitrogens with zero attached hydrogens (tertiary/aromatic N) is 2. The Bertz CT molecular complexity index is 548. The summed E-state index contributed by atoms with van der Waals surface area (Å²) in [5.41, 5.74) is 5.69. The first kappa shape index (κ1) is 14.6. The number of nitro benzene ring substituents is 1. The van der Waals surface area contributed by atoms with Gasteiger partial charge in [0.05, 0.1) is 22.1 Å². The highest BCUT2D eigenvalue weighted by atomic mass is 16.6. The van der Waals surface area contributed by atoms with Crippen LogP contribution in [0, 0.1) is 27.4 Å². The molecule has 0 aromatic heterocycles. The fraction of sp³-hybridized carbons (Fsp3) is 0.333. The Hall–Kier alpha value is -2.46. The van der Waals surface area contributed by atoms with Gasteiger partial charge in [-0.05, 0) is 13.0 Å². The highest BCUT2D eigenvalue weighted by Gasteiger charge is 2.19. The number of hydrogen-bond donors (Lipinski definition) is 2. The molecule has 0 saturated heterocycles. The zero-order chi connectivity index (χ0) is 14.6. The van der Waals surface area contributed by atoms with E-state index in [9.17, 15) is 14.9 Å². The summed E-state index contributed by atoms with van der Waals surface area (Å²) >= 11 is 0. The average Bonchev–Trinajstić information content (AvgIpc) is 2.37. The van der Waals surface area contributed by atoms with Crippen LogP contribution in [0.5, 0.6) is 0 Å². The molecule has 0 fully saturated rings. The van der Waals surface area contributed by atoms with Crippen molar-refractivity contribution in [1.29, 1.82) is 5.26 Å². The number of nitro groups is 1. The first-order valence-electron chi connectivity index (χ1n) is 5.61. The van der Waals surface area contributed by atoms with E-state index in [0.717, 1.165) is 6.07 Å². The third kappa shape index (κ3) is 3.50. The van der Waals surface area contributed by atoms with E-state index in [0.29, 0.717) is 0 Å². The lowest BCUT2D eigenvalue weighted by Gasteiger charge is -2.15. The van der Waals surface area contributed by atoms with E-state index in [1.54, 1.807) is 13.8 Å². The maximum absolute atomic E-state index is 11.8. The minimum Gasteiger partial charge on any atom is -0.327 e. The monoisotopic (exact) mass is 262 g/mol. The molecule has 7 heteroatoms. The third-order valence-electron chi connectivity index (χ3n) is 2.79. The number of hydrogen-bond acceptors (Lipinski definition) is 5. The summed E-state index contributed by atoms with van der Waals surface area (Å²) in [6.45, 7) is 3.36. The molecule has 1 aromatic rings. The van der Waals surface area contributed by atoms with E-state index in [2.05, 4.69) is 5.32 Å². The number of nitrogens with one attached hydrogen (secondary N) is 1. The molecule has 0 spiro atoms. The van der Waals surface area contributed by atoms with E-state index in [-0.39, 0.29) is 28.9 Å². The predicted octanol–water partition coefficient (Wildman–Crippen LogP) is 1.39. The number of benzene rings is 1. The molecule has 0 bridgehead atoms. The second-order valence-corrected chi connectivity index (χ2v) is 4.24. The summed E-state index contributed by atoms with van der Waals surface area (Å²) in [5.74, 6) is -0.762. The molecule has 0 aliphatic heterocycles. The first-order valence-corrected chi connectivity index (χ1v) is 5.61. The SMILES string of the molecule is CC(N)C(C)C(=O)Nc1ccc([N+](=O)[O-])cc1C#N. The van der Waals surface area contributed by atoms with Crippen molar-refractivity contribution in [2.75, 3.05) is 5.32 Å². The zero-order valence-corrected chi connectivity index (χ0v) is 10.6. The summed E-state index contributed by atoms with van der Waals surface area (Å²) in [5, 5.41) is 22.1. The van der Waals surface area contributed by atoms with Crippen LogP contribution in [-0.4, -0.2) is 16.9 Å². The lowest BCUT2D eigenvalue weighted by Crippen LogP contribution is -2.34. The van der Waals surface area contributed by atoms with Crippen molar-refractivity contribution in [2.45, 2.75) is 19.9 Å². The van der Waals surface area contributed by atoms with E-state index < -0.39 is 10.8 Å². The van der Waals surface area contributed by atoms with Gasteiger partial charge in [-0.2, -0.15) is 5.26 Å². The van der Waals surface area contributed by atoms with Gasteiger partial charge in [0.2, 0.25) is 5.91 Å². The van der Waals surface area contributed by atoms with Gasteiger partial charge >= 0.3 is 0 Å². The highest BCUT2D eigenvalue weighted by Crippen LogP contribution is 2.22. The molecule has 7 nitrogen and oxygen atoms in total. The number of carbonyl (C=O) groups is 1. The van der Waals surface area contributed by atoms with Crippen LogP contribution in [0.4, 0.5) is 11.4 Å². The van der Waals surface area contributed by atoms with E-state index in [1.165, 1.54) is 12.1 Å². The van der Waals surface area contributed by atoms with Gasteiger partial charge in [0.1, 0.15) is 6.07 Å². The van der Waals surface area contributed by atoms with E-state index in [1.807, 2.05) is 6.07 Å². The average molecular weight is 262 g/mol. The maximum Gasteiger partial charge on any atom is 0.270 e. The number of nitriles is 1. The normalized spacial score (nSPS) is 13.2. The van der Waals surface area contributed by atoms with Gasteiger partial charge in [-0.25, -0.2) is 0 Å². The highest BCUT2D eigenvalue weighted by molar-refractivity contribution is 5.94. The van der Waals surface area contributed by atoms with Crippen molar-refractivity contribution in [3.8, 4) is 6.07 Å². The summed E-state index contributed by atoms with van der Waals surface area (Å²) in [4.78, 5) is 21.8. The smallest absolute Gasteiger partial charge is 0.270 e. The second-order valence-electron chi connectivity index (χ2n) is 4.24. The fourth-order valence-corrected chi connectivity index (χ4v) is 1.33. The Morgan fingerprint density at radius 2 is 2.16 bits per heavy atom. The number of non-ortho nitro benzene ring substituents is 1. The van der Waals surface area contributed by atoms with Crippen molar-refractivity contribution in [1.82, 2.24) is 0 Å². The molecule has 19 heavy (non-hydrogen) atoms. The molecule has 1 rings (SSSR count). The summed E-state index contributed by atoms with van der Waals surface area (Å²) in [6, 6.07) is 5.17. The predicted molar refractivity (Wildman–Crippen MR) is 69.3 cm³/mol. The van der Waals surface area contributed by atoms with Gasteiger partial charge in [0.15, 0.2) is 0 Å². The van der Waals surface area contributed by atoms with Gasteiger partial charge < -0.3 is 11.1 Å². The van der Waals surface area contributed by atoms with Gasteiger partial charge in [0, 0.05) is 18.2 Å². The second kappa shape index (κ2) is 5.93. The Morgan fingerprint density at radius 3 is 2.63 bits per heavy atom. The molecule has 1 amide bonds. The molecule has 0 radical (unpaired) electrons. The van der Waals surface area contributed by atoms with Gasteiger partial charge in [-0.1, -0.05) is 6.92 Å². The van der Waals surface area contributed by atoms with E-state index in [4.69, 9.17) is 11.0 Å². The maximum atomic E-state index is 11.8. The number of nitrogens with two attached hydrogens (primary N) is 1. The van der Waals surface area contributed by atoms with Gasteiger partial charge in [-0.3, -0.25) is 14.9 Å². The Balaban J connectivity index is 3.00. The van der Waals surface area contributed by atoms with Crippen molar-refractivity contribution < 1.29 is 9.72 Å². The quantitative estimate of drug-likeness (QED) is 0.627. The van der Waals surface area contributed by atoms with Crippen LogP contribution in [-0.2, 0) is 4.79 Å². The largest absolute Gasteiger partial charge is 0.327 e. The van der Waals surface area contributed by atoms with Crippen molar-refractivity contribution in [2.24, 2.45) is 11.7 Å². The summed E-state index contributed by atoms with van der Waals surface area (Å²) < 4.78 is 0. The van der Waals surface area contributed by atoms with Gasteiger partial charge in [0.25, 0.3) is 5.69 Å². The molecular formula is C12H14N4O3. The number of amides is 1.